The molecular formula is C27H26ClFN8O2S. The number of halogens is 2. The average Bonchev–Trinajstić information content (AvgIpc) is 3.58. The molecule has 40 heavy (non-hydrogen) atoms. The molecule has 5 aromatic rings. The van der Waals surface area contributed by atoms with Gasteiger partial charge in [-0.3, -0.25) is 4.90 Å². The normalized spacial score (nSPS) is 16.4. The van der Waals surface area contributed by atoms with Crippen LogP contribution in [0.2, 0.25) is 5.02 Å². The largest absolute Gasteiger partial charge is 0.363 e. The van der Waals surface area contributed by atoms with E-state index in [1.165, 1.54) is 12.4 Å². The van der Waals surface area contributed by atoms with Gasteiger partial charge in [0.2, 0.25) is 0 Å². The molecule has 2 N–H and O–H groups in total. The van der Waals surface area contributed by atoms with Crippen molar-refractivity contribution >= 4 is 38.5 Å². The van der Waals surface area contributed by atoms with Gasteiger partial charge in [-0.15, -0.1) is 0 Å². The van der Waals surface area contributed by atoms with Crippen molar-refractivity contribution in [1.82, 2.24) is 33.8 Å². The number of pyridine rings is 1. The molecule has 0 unspecified atom stereocenters. The van der Waals surface area contributed by atoms with Crippen LogP contribution < -0.4 is 5.32 Å². The molecule has 6 rings (SSSR count). The first-order chi connectivity index (χ1) is 19.3. The summed E-state index contributed by atoms with van der Waals surface area (Å²) in [7, 11) is -4.00. The third-order valence-electron chi connectivity index (χ3n) is 6.92. The summed E-state index contributed by atoms with van der Waals surface area (Å²) in [5.41, 5.74) is 1.47. The molecule has 5 heterocycles. The highest BCUT2D eigenvalue weighted by Gasteiger charge is 2.26. The van der Waals surface area contributed by atoms with Gasteiger partial charge in [-0.05, 0) is 44.5 Å². The fraction of sp³-hybridized carbons (Fsp3) is 0.259. The highest BCUT2D eigenvalue weighted by Crippen LogP contribution is 2.33. The van der Waals surface area contributed by atoms with Crippen molar-refractivity contribution in [3.63, 3.8) is 0 Å². The molecule has 206 valence electrons. The van der Waals surface area contributed by atoms with Crippen molar-refractivity contribution in [2.75, 3.05) is 18.4 Å². The average molecular weight is 581 g/mol. The summed E-state index contributed by atoms with van der Waals surface area (Å²) in [6.45, 7) is 4.15. The van der Waals surface area contributed by atoms with Crippen molar-refractivity contribution in [2.24, 2.45) is 0 Å². The van der Waals surface area contributed by atoms with E-state index in [9.17, 15) is 12.8 Å². The first kappa shape index (κ1) is 26.4. The lowest BCUT2D eigenvalue weighted by atomic mass is 10.1. The van der Waals surface area contributed by atoms with E-state index < -0.39 is 15.8 Å². The van der Waals surface area contributed by atoms with Gasteiger partial charge in [-0.1, -0.05) is 29.3 Å². The Morgan fingerprint density at radius 2 is 2.00 bits per heavy atom. The number of H-pyrrole nitrogens is 1. The third-order valence-corrected chi connectivity index (χ3v) is 8.79. The molecule has 1 aromatic carbocycles. The smallest absolute Gasteiger partial charge is 0.269 e. The molecule has 13 heteroatoms. The molecule has 0 aliphatic carbocycles. The van der Waals surface area contributed by atoms with Gasteiger partial charge in [0.05, 0.1) is 22.7 Å². The summed E-state index contributed by atoms with van der Waals surface area (Å²) < 4.78 is 43.2. The molecule has 1 fully saturated rings. The number of piperidine rings is 1. The minimum absolute atomic E-state index is 0.0414. The van der Waals surface area contributed by atoms with Crippen LogP contribution in [-0.2, 0) is 16.6 Å². The molecule has 0 radical (unpaired) electrons. The molecule has 1 aliphatic heterocycles. The van der Waals surface area contributed by atoms with Crippen LogP contribution in [0.15, 0.2) is 66.2 Å². The second-order valence-corrected chi connectivity index (χ2v) is 12.1. The number of likely N-dealkylation sites (tertiary alicyclic amines) is 1. The predicted molar refractivity (Wildman–Crippen MR) is 150 cm³/mol. The second kappa shape index (κ2) is 10.6. The van der Waals surface area contributed by atoms with Gasteiger partial charge in [0.25, 0.3) is 10.0 Å². The van der Waals surface area contributed by atoms with E-state index in [1.807, 2.05) is 6.92 Å². The Balaban J connectivity index is 1.34. The van der Waals surface area contributed by atoms with Crippen LogP contribution in [0.25, 0.3) is 22.4 Å². The molecule has 0 amide bonds. The van der Waals surface area contributed by atoms with Crippen molar-refractivity contribution in [3.8, 4) is 11.4 Å². The number of rotatable bonds is 7. The number of aromatic amines is 1. The highest BCUT2D eigenvalue weighted by molar-refractivity contribution is 7.90. The monoisotopic (exact) mass is 580 g/mol. The summed E-state index contributed by atoms with van der Waals surface area (Å²) in [6, 6.07) is 8.11. The Kier molecular flexibility index (Phi) is 6.99. The standard InChI is InChI=1S/C27H26ClFN8O2S/c1-17-4-6-20(7-5-17)40(38,39)37-15-22(21-11-18(28)12-33-27(21)37)25-32-13-23(29)26(35-25)34-19-3-2-10-36(14-19)16-24-30-8-9-31-24/h4-9,11-13,15,19H,2-3,10,14,16H2,1H3,(H,30,31)(H,32,34,35)/t19-/m1/s1. The fourth-order valence-electron chi connectivity index (χ4n) is 4.94. The van der Waals surface area contributed by atoms with Crippen molar-refractivity contribution < 1.29 is 12.8 Å². The van der Waals surface area contributed by atoms with Crippen molar-refractivity contribution in [2.45, 2.75) is 37.2 Å². The quantitative estimate of drug-likeness (QED) is 0.286. The van der Waals surface area contributed by atoms with Crippen LogP contribution in [0.1, 0.15) is 24.2 Å². The van der Waals surface area contributed by atoms with Gasteiger partial charge in [-0.2, -0.15) is 0 Å². The van der Waals surface area contributed by atoms with E-state index in [2.05, 4.69) is 35.1 Å². The molecule has 1 saturated heterocycles. The van der Waals surface area contributed by atoms with Gasteiger partial charge in [0.15, 0.2) is 23.1 Å². The van der Waals surface area contributed by atoms with E-state index in [0.717, 1.165) is 40.9 Å². The Morgan fingerprint density at radius 3 is 2.77 bits per heavy atom. The number of aryl methyl sites for hydroxylation is 1. The first-order valence-corrected chi connectivity index (χ1v) is 14.6. The Labute approximate surface area is 235 Å². The van der Waals surface area contributed by atoms with Crippen LogP contribution >= 0.6 is 11.6 Å². The zero-order valence-corrected chi connectivity index (χ0v) is 23.1. The maximum atomic E-state index is 14.9. The number of nitrogens with zero attached hydrogens (tertiary/aromatic N) is 6. The predicted octanol–water partition coefficient (Wildman–Crippen LogP) is 4.63. The number of nitrogens with one attached hydrogen (secondary N) is 2. The SMILES string of the molecule is Cc1ccc(S(=O)(=O)n2cc(-c3ncc(F)c(N[C@@H]4CCCN(Cc5ncc[nH]5)C4)n3)c3cc(Cl)cnc32)cc1. The minimum atomic E-state index is -4.00. The molecule has 1 atom stereocenters. The Hall–Kier alpha value is -3.87. The van der Waals surface area contributed by atoms with Crippen LogP contribution in [0, 0.1) is 12.7 Å². The van der Waals surface area contributed by atoms with Gasteiger partial charge < -0.3 is 10.3 Å². The minimum Gasteiger partial charge on any atom is -0.363 e. The van der Waals surface area contributed by atoms with E-state index >= 15 is 0 Å². The zero-order valence-electron chi connectivity index (χ0n) is 21.6. The maximum absolute atomic E-state index is 14.9. The Morgan fingerprint density at radius 1 is 1.18 bits per heavy atom. The van der Waals surface area contributed by atoms with Gasteiger partial charge >= 0.3 is 0 Å². The summed E-state index contributed by atoms with van der Waals surface area (Å²) in [6.07, 6.45) is 9.17. The molecule has 4 aromatic heterocycles. The van der Waals surface area contributed by atoms with Crippen molar-refractivity contribution in [1.29, 1.82) is 0 Å². The highest BCUT2D eigenvalue weighted by atomic mass is 35.5. The molecule has 0 saturated carbocycles. The van der Waals surface area contributed by atoms with Crippen LogP contribution in [0.5, 0.6) is 0 Å². The van der Waals surface area contributed by atoms with E-state index in [-0.39, 0.29) is 28.2 Å². The van der Waals surface area contributed by atoms with Gasteiger partial charge in [-0.25, -0.2) is 36.7 Å². The number of anilines is 1. The molecule has 0 spiro atoms. The summed E-state index contributed by atoms with van der Waals surface area (Å²) >= 11 is 6.24. The molecular weight excluding hydrogens is 555 g/mol. The fourth-order valence-corrected chi connectivity index (χ4v) is 6.43. The van der Waals surface area contributed by atoms with Crippen LogP contribution in [0.4, 0.5) is 10.2 Å². The zero-order chi connectivity index (χ0) is 27.9. The lowest BCUT2D eigenvalue weighted by Crippen LogP contribution is -2.42. The number of benzene rings is 1. The topological polar surface area (TPSA) is 122 Å². The maximum Gasteiger partial charge on any atom is 0.269 e. The van der Waals surface area contributed by atoms with Gasteiger partial charge in [0, 0.05) is 48.3 Å². The van der Waals surface area contributed by atoms with Crippen LogP contribution in [-0.4, -0.2) is 61.3 Å². The molecule has 0 bridgehead atoms. The molecule has 10 nitrogen and oxygen atoms in total. The number of aromatic nitrogens is 6. The number of imidazole rings is 1. The first-order valence-electron chi connectivity index (χ1n) is 12.8. The van der Waals surface area contributed by atoms with Crippen molar-refractivity contribution in [3.05, 3.63) is 83.5 Å². The summed E-state index contributed by atoms with van der Waals surface area (Å²) in [5.74, 6) is 0.477. The summed E-state index contributed by atoms with van der Waals surface area (Å²) in [5, 5.41) is 3.98. The summed E-state index contributed by atoms with van der Waals surface area (Å²) in [4.78, 5) is 22.7. The lowest BCUT2D eigenvalue weighted by molar-refractivity contribution is 0.204. The van der Waals surface area contributed by atoms with Crippen LogP contribution in [0.3, 0.4) is 0 Å². The van der Waals surface area contributed by atoms with E-state index in [1.54, 1.807) is 42.7 Å². The van der Waals surface area contributed by atoms with E-state index in [4.69, 9.17) is 11.6 Å². The second-order valence-electron chi connectivity index (χ2n) is 9.83. The lowest BCUT2D eigenvalue weighted by Gasteiger charge is -2.32. The number of hydrogen-bond acceptors (Lipinski definition) is 8. The number of hydrogen-bond donors (Lipinski definition) is 2. The Bertz CT molecular complexity index is 1770. The van der Waals surface area contributed by atoms with E-state index in [0.29, 0.717) is 29.1 Å². The van der Waals surface area contributed by atoms with Gasteiger partial charge in [0.1, 0.15) is 5.82 Å². The molecule has 1 aliphatic rings. The third kappa shape index (κ3) is 5.17. The number of fused-ring (bicyclic) bond motifs is 1.